The van der Waals surface area contributed by atoms with Crippen molar-refractivity contribution in [1.82, 2.24) is 15.1 Å². The number of methoxy groups -OCH3 is 1. The number of nitrogens with two attached hydrogens (primary N) is 1. The van der Waals surface area contributed by atoms with Gasteiger partial charge in [-0.25, -0.2) is 4.79 Å². The van der Waals surface area contributed by atoms with Gasteiger partial charge < -0.3 is 15.8 Å². The average molecular weight is 254 g/mol. The van der Waals surface area contributed by atoms with Crippen LogP contribution in [0, 0.1) is 0 Å². The van der Waals surface area contributed by atoms with Crippen LogP contribution >= 0.6 is 0 Å². The van der Waals surface area contributed by atoms with Gasteiger partial charge in [0, 0.05) is 13.1 Å². The number of aromatic nitrogens is 2. The van der Waals surface area contributed by atoms with E-state index in [-0.39, 0.29) is 18.0 Å². The largest absolute Gasteiger partial charge is 0.467 e. The lowest BCUT2D eigenvalue weighted by molar-refractivity contribution is -0.145. The molecule has 0 bridgehead atoms. The second-order valence-electron chi connectivity index (χ2n) is 3.59. The van der Waals surface area contributed by atoms with Crippen molar-refractivity contribution in [1.29, 1.82) is 0 Å². The van der Waals surface area contributed by atoms with E-state index < -0.39 is 17.9 Å². The molecular formula is C10H14N4O4. The molecular weight excluding hydrogens is 240 g/mol. The van der Waals surface area contributed by atoms with E-state index in [2.05, 4.69) is 15.2 Å². The van der Waals surface area contributed by atoms with Gasteiger partial charge in [-0.15, -0.1) is 0 Å². The molecule has 0 spiro atoms. The number of primary amides is 1. The second-order valence-corrected chi connectivity index (χ2v) is 3.59. The van der Waals surface area contributed by atoms with Crippen LogP contribution in [-0.2, 0) is 20.9 Å². The molecule has 0 aliphatic rings. The number of carbonyl (C=O) groups excluding carboxylic acids is 3. The normalized spacial score (nSPS) is 11.7. The lowest BCUT2D eigenvalue weighted by atomic mass is 10.3. The number of nitrogens with zero attached hydrogens (tertiary/aromatic N) is 2. The van der Waals surface area contributed by atoms with Crippen molar-refractivity contribution < 1.29 is 19.1 Å². The van der Waals surface area contributed by atoms with E-state index in [1.807, 2.05) is 0 Å². The SMILES string of the molecule is COC(=O)C(Cn1cc(C(N)=O)cn1)NC(C)=O. The maximum absolute atomic E-state index is 11.4. The number of esters is 1. The lowest BCUT2D eigenvalue weighted by Gasteiger charge is -2.15. The summed E-state index contributed by atoms with van der Waals surface area (Å²) in [4.78, 5) is 33.3. The quantitative estimate of drug-likeness (QED) is 0.631. The summed E-state index contributed by atoms with van der Waals surface area (Å²) in [5.41, 5.74) is 5.29. The zero-order valence-electron chi connectivity index (χ0n) is 10.0. The van der Waals surface area contributed by atoms with Gasteiger partial charge >= 0.3 is 5.97 Å². The van der Waals surface area contributed by atoms with Crippen LogP contribution in [0.1, 0.15) is 17.3 Å². The lowest BCUT2D eigenvalue weighted by Crippen LogP contribution is -2.43. The molecule has 1 atom stereocenters. The first-order valence-corrected chi connectivity index (χ1v) is 5.11. The molecule has 1 heterocycles. The smallest absolute Gasteiger partial charge is 0.330 e. The van der Waals surface area contributed by atoms with Gasteiger partial charge in [0.25, 0.3) is 5.91 Å². The van der Waals surface area contributed by atoms with Gasteiger partial charge in [0.15, 0.2) is 0 Å². The molecule has 98 valence electrons. The van der Waals surface area contributed by atoms with Crippen molar-refractivity contribution in [3.63, 3.8) is 0 Å². The highest BCUT2D eigenvalue weighted by Crippen LogP contribution is 1.99. The third-order valence-electron chi connectivity index (χ3n) is 2.15. The van der Waals surface area contributed by atoms with Crippen LogP contribution in [0.3, 0.4) is 0 Å². The molecule has 2 amide bonds. The van der Waals surface area contributed by atoms with Crippen molar-refractivity contribution in [2.75, 3.05) is 7.11 Å². The van der Waals surface area contributed by atoms with E-state index in [1.54, 1.807) is 0 Å². The minimum atomic E-state index is -0.867. The van der Waals surface area contributed by atoms with Crippen molar-refractivity contribution in [3.05, 3.63) is 18.0 Å². The highest BCUT2D eigenvalue weighted by molar-refractivity contribution is 5.92. The van der Waals surface area contributed by atoms with Gasteiger partial charge in [0.1, 0.15) is 6.04 Å². The first kappa shape index (κ1) is 13.7. The number of ether oxygens (including phenoxy) is 1. The summed E-state index contributed by atoms with van der Waals surface area (Å²) in [5, 5.41) is 6.29. The molecule has 0 aromatic carbocycles. The molecule has 8 nitrogen and oxygen atoms in total. The number of nitrogens with one attached hydrogen (secondary N) is 1. The molecule has 1 aromatic heterocycles. The van der Waals surface area contributed by atoms with Crippen molar-refractivity contribution in [2.24, 2.45) is 5.73 Å². The predicted molar refractivity (Wildman–Crippen MR) is 60.4 cm³/mol. The molecule has 1 rings (SSSR count). The van der Waals surface area contributed by atoms with Crippen LogP contribution in [0.2, 0.25) is 0 Å². The zero-order valence-corrected chi connectivity index (χ0v) is 10.0. The predicted octanol–water partition coefficient (Wildman–Crippen LogP) is -1.34. The molecule has 1 unspecified atom stereocenters. The first-order chi connectivity index (χ1) is 8.43. The van der Waals surface area contributed by atoms with Crippen LogP contribution in [-0.4, -0.2) is 40.7 Å². The molecule has 0 fully saturated rings. The topological polar surface area (TPSA) is 116 Å². The molecule has 18 heavy (non-hydrogen) atoms. The summed E-state index contributed by atoms with van der Waals surface area (Å²) < 4.78 is 5.88. The van der Waals surface area contributed by atoms with Gasteiger partial charge in [0.2, 0.25) is 5.91 Å². The van der Waals surface area contributed by atoms with Gasteiger partial charge in [-0.1, -0.05) is 0 Å². The fraction of sp³-hybridized carbons (Fsp3) is 0.400. The van der Waals surface area contributed by atoms with Gasteiger partial charge in [-0.3, -0.25) is 14.3 Å². The second kappa shape index (κ2) is 5.80. The van der Waals surface area contributed by atoms with Crippen molar-refractivity contribution >= 4 is 17.8 Å². The van der Waals surface area contributed by atoms with E-state index in [1.165, 1.54) is 31.1 Å². The van der Waals surface area contributed by atoms with Crippen LogP contribution in [0.15, 0.2) is 12.4 Å². The van der Waals surface area contributed by atoms with E-state index in [9.17, 15) is 14.4 Å². The Labute approximate surface area is 103 Å². The molecule has 0 aliphatic carbocycles. The summed E-state index contributed by atoms with van der Waals surface area (Å²) in [5.74, 6) is -1.58. The fourth-order valence-electron chi connectivity index (χ4n) is 1.34. The van der Waals surface area contributed by atoms with Crippen LogP contribution in [0.5, 0.6) is 0 Å². The third kappa shape index (κ3) is 3.58. The molecule has 0 saturated heterocycles. The van der Waals surface area contributed by atoms with Crippen LogP contribution in [0.4, 0.5) is 0 Å². The Bertz CT molecular complexity index is 468. The van der Waals surface area contributed by atoms with E-state index >= 15 is 0 Å². The average Bonchev–Trinajstić information content (AvgIpc) is 2.75. The Morgan fingerprint density at radius 1 is 1.56 bits per heavy atom. The van der Waals surface area contributed by atoms with E-state index in [4.69, 9.17) is 5.73 Å². The Morgan fingerprint density at radius 2 is 2.22 bits per heavy atom. The Hall–Kier alpha value is -2.38. The van der Waals surface area contributed by atoms with Crippen LogP contribution in [0.25, 0.3) is 0 Å². The van der Waals surface area contributed by atoms with Gasteiger partial charge in [-0.05, 0) is 0 Å². The highest BCUT2D eigenvalue weighted by atomic mass is 16.5. The Morgan fingerprint density at radius 3 is 2.67 bits per heavy atom. The monoisotopic (exact) mass is 254 g/mol. The third-order valence-corrected chi connectivity index (χ3v) is 2.15. The number of carbonyl (C=O) groups is 3. The number of amides is 2. The number of rotatable bonds is 5. The molecule has 0 radical (unpaired) electrons. The standard InChI is InChI=1S/C10H14N4O4/c1-6(15)13-8(10(17)18-2)5-14-4-7(3-12-14)9(11)16/h3-4,8H,5H2,1-2H3,(H2,11,16)(H,13,15). The Kier molecular flexibility index (Phi) is 4.41. The van der Waals surface area contributed by atoms with Gasteiger partial charge in [-0.2, -0.15) is 5.10 Å². The Balaban J connectivity index is 2.78. The number of hydrogen-bond donors (Lipinski definition) is 2. The first-order valence-electron chi connectivity index (χ1n) is 5.11. The molecule has 3 N–H and O–H groups in total. The van der Waals surface area contributed by atoms with Crippen molar-refractivity contribution in [2.45, 2.75) is 19.5 Å². The van der Waals surface area contributed by atoms with Crippen LogP contribution < -0.4 is 11.1 Å². The minimum absolute atomic E-state index is 0.0551. The van der Waals surface area contributed by atoms with E-state index in [0.29, 0.717) is 0 Å². The van der Waals surface area contributed by atoms with Crippen molar-refractivity contribution in [3.8, 4) is 0 Å². The number of hydrogen-bond acceptors (Lipinski definition) is 5. The molecule has 1 aromatic rings. The minimum Gasteiger partial charge on any atom is -0.467 e. The molecule has 8 heteroatoms. The summed E-state index contributed by atoms with van der Waals surface area (Å²) in [7, 11) is 1.22. The fourth-order valence-corrected chi connectivity index (χ4v) is 1.34. The summed E-state index contributed by atoms with van der Waals surface area (Å²) in [6, 6.07) is -0.867. The van der Waals surface area contributed by atoms with E-state index in [0.717, 1.165) is 0 Å². The molecule has 0 saturated carbocycles. The summed E-state index contributed by atoms with van der Waals surface area (Å²) in [6.07, 6.45) is 2.67. The maximum Gasteiger partial charge on any atom is 0.330 e. The highest BCUT2D eigenvalue weighted by Gasteiger charge is 2.21. The van der Waals surface area contributed by atoms with Gasteiger partial charge in [0.05, 0.1) is 25.4 Å². The summed E-state index contributed by atoms with van der Waals surface area (Å²) in [6.45, 7) is 1.34. The maximum atomic E-state index is 11.4. The summed E-state index contributed by atoms with van der Waals surface area (Å²) >= 11 is 0. The zero-order chi connectivity index (χ0) is 13.7. The molecule has 0 aliphatic heterocycles.